The molecule has 11 nitrogen and oxygen atoms in total. The number of rotatable bonds is 8. The molecule has 1 aliphatic heterocycles. The number of likely N-dealkylation sites (tertiary alicyclic amines) is 1. The van der Waals surface area contributed by atoms with Gasteiger partial charge in [0.05, 0.1) is 18.8 Å². The van der Waals surface area contributed by atoms with Crippen LogP contribution in [0.15, 0.2) is 0 Å². The maximum absolute atomic E-state index is 12.7. The van der Waals surface area contributed by atoms with E-state index < -0.39 is 60.6 Å². The molecule has 0 saturated carbocycles. The number of hydrogen-bond acceptors (Lipinski definition) is 7. The molecule has 0 spiro atoms. The van der Waals surface area contributed by atoms with Crippen molar-refractivity contribution >= 4 is 23.7 Å². The lowest BCUT2D eigenvalue weighted by Crippen LogP contribution is -2.59. The standard InChI is InChI=1S/C15H26N4O7/c1-7(16)12(22)18-11(8(2)21)14(24)19-5-3-4-10(19)13(23)17-9(6-20)15(25)26/h7-11,20-21H,3-6,16H2,1-2H3,(H,17,23)(H,18,22)(H,25,26). The Hall–Kier alpha value is -2.24. The first kappa shape index (κ1) is 21.8. The first-order chi connectivity index (χ1) is 12.1. The molecule has 3 amide bonds. The average molecular weight is 374 g/mol. The van der Waals surface area contributed by atoms with Crippen LogP contribution >= 0.6 is 0 Å². The van der Waals surface area contributed by atoms with Gasteiger partial charge in [-0.25, -0.2) is 4.79 Å². The summed E-state index contributed by atoms with van der Waals surface area (Å²) in [6.45, 7) is 2.17. The van der Waals surface area contributed by atoms with Gasteiger partial charge in [0.25, 0.3) is 0 Å². The molecule has 1 rings (SSSR count). The van der Waals surface area contributed by atoms with Crippen LogP contribution in [0.25, 0.3) is 0 Å². The molecule has 1 fully saturated rings. The summed E-state index contributed by atoms with van der Waals surface area (Å²) in [5, 5.41) is 32.3. The van der Waals surface area contributed by atoms with Crippen LogP contribution in [0, 0.1) is 0 Å². The first-order valence-corrected chi connectivity index (χ1v) is 8.28. The van der Waals surface area contributed by atoms with E-state index in [0.717, 1.165) is 0 Å². The van der Waals surface area contributed by atoms with Gasteiger partial charge in [0.15, 0.2) is 0 Å². The van der Waals surface area contributed by atoms with E-state index in [1.807, 2.05) is 0 Å². The Bertz CT molecular complexity index is 552. The third-order valence-corrected chi connectivity index (χ3v) is 4.10. The van der Waals surface area contributed by atoms with Crippen molar-refractivity contribution in [3.63, 3.8) is 0 Å². The molecule has 0 bridgehead atoms. The van der Waals surface area contributed by atoms with Crippen LogP contribution in [0.1, 0.15) is 26.7 Å². The lowest BCUT2D eigenvalue weighted by Gasteiger charge is -2.30. The van der Waals surface area contributed by atoms with Crippen molar-refractivity contribution in [3.05, 3.63) is 0 Å². The van der Waals surface area contributed by atoms with Gasteiger partial charge in [-0.15, -0.1) is 0 Å². The number of aliphatic carboxylic acids is 1. The molecule has 1 saturated heterocycles. The number of nitrogens with zero attached hydrogens (tertiary/aromatic N) is 1. The molecule has 0 aromatic rings. The van der Waals surface area contributed by atoms with E-state index in [9.17, 15) is 24.3 Å². The van der Waals surface area contributed by atoms with Gasteiger partial charge in [-0.3, -0.25) is 14.4 Å². The smallest absolute Gasteiger partial charge is 0.328 e. The molecule has 1 aliphatic rings. The lowest BCUT2D eigenvalue weighted by atomic mass is 10.1. The van der Waals surface area contributed by atoms with Crippen LogP contribution in [-0.2, 0) is 19.2 Å². The van der Waals surface area contributed by atoms with Crippen molar-refractivity contribution < 1.29 is 34.5 Å². The molecule has 26 heavy (non-hydrogen) atoms. The van der Waals surface area contributed by atoms with E-state index in [-0.39, 0.29) is 6.54 Å². The van der Waals surface area contributed by atoms with Crippen LogP contribution in [0.3, 0.4) is 0 Å². The Labute approximate surface area is 150 Å². The van der Waals surface area contributed by atoms with Gasteiger partial charge >= 0.3 is 5.97 Å². The number of nitrogens with two attached hydrogens (primary N) is 1. The van der Waals surface area contributed by atoms with Crippen LogP contribution < -0.4 is 16.4 Å². The second kappa shape index (κ2) is 9.46. The highest BCUT2D eigenvalue weighted by Crippen LogP contribution is 2.19. The Morgan fingerprint density at radius 3 is 2.31 bits per heavy atom. The second-order valence-electron chi connectivity index (χ2n) is 6.29. The molecule has 0 radical (unpaired) electrons. The van der Waals surface area contributed by atoms with Crippen molar-refractivity contribution in [2.45, 2.75) is 57.0 Å². The Kier molecular flexibility index (Phi) is 7.93. The predicted octanol–water partition coefficient (Wildman–Crippen LogP) is -3.25. The summed E-state index contributed by atoms with van der Waals surface area (Å²) in [5.74, 6) is -3.42. The average Bonchev–Trinajstić information content (AvgIpc) is 3.05. The number of nitrogens with one attached hydrogen (secondary N) is 2. The summed E-state index contributed by atoms with van der Waals surface area (Å²) < 4.78 is 0. The number of aliphatic hydroxyl groups is 2. The van der Waals surface area contributed by atoms with Crippen molar-refractivity contribution in [1.29, 1.82) is 0 Å². The molecule has 11 heteroatoms. The Morgan fingerprint density at radius 2 is 1.85 bits per heavy atom. The lowest BCUT2D eigenvalue weighted by molar-refractivity contribution is -0.146. The minimum Gasteiger partial charge on any atom is -0.480 e. The molecule has 0 aliphatic carbocycles. The van der Waals surface area contributed by atoms with Gasteiger partial charge in [0.1, 0.15) is 18.1 Å². The fraction of sp³-hybridized carbons (Fsp3) is 0.733. The second-order valence-corrected chi connectivity index (χ2v) is 6.29. The number of carboxylic acids is 1. The summed E-state index contributed by atoms with van der Waals surface area (Å²) in [6, 6.07) is -4.60. The Balaban J connectivity index is 2.89. The van der Waals surface area contributed by atoms with E-state index in [4.69, 9.17) is 15.9 Å². The number of carboxylic acid groups (broad SMARTS) is 1. The van der Waals surface area contributed by atoms with Gasteiger partial charge in [0, 0.05) is 6.54 Å². The zero-order valence-corrected chi connectivity index (χ0v) is 14.7. The van der Waals surface area contributed by atoms with Gasteiger partial charge in [0.2, 0.25) is 17.7 Å². The summed E-state index contributed by atoms with van der Waals surface area (Å²) in [4.78, 5) is 48.9. The number of amides is 3. The minimum absolute atomic E-state index is 0.213. The molecular formula is C15H26N4O7. The maximum Gasteiger partial charge on any atom is 0.328 e. The molecule has 7 N–H and O–H groups in total. The number of carbonyl (C=O) groups excluding carboxylic acids is 3. The first-order valence-electron chi connectivity index (χ1n) is 8.28. The van der Waals surface area contributed by atoms with E-state index >= 15 is 0 Å². The molecular weight excluding hydrogens is 348 g/mol. The van der Waals surface area contributed by atoms with Crippen LogP contribution in [-0.4, -0.2) is 87.3 Å². The van der Waals surface area contributed by atoms with Crippen molar-refractivity contribution in [1.82, 2.24) is 15.5 Å². The minimum atomic E-state index is -1.48. The maximum atomic E-state index is 12.7. The van der Waals surface area contributed by atoms with Gasteiger partial charge in [-0.1, -0.05) is 0 Å². The van der Waals surface area contributed by atoms with Gasteiger partial charge in [-0.05, 0) is 26.7 Å². The third-order valence-electron chi connectivity index (χ3n) is 4.10. The van der Waals surface area contributed by atoms with Crippen LogP contribution in [0.4, 0.5) is 0 Å². The summed E-state index contributed by atoms with van der Waals surface area (Å²) in [7, 11) is 0. The summed E-state index contributed by atoms with van der Waals surface area (Å²) in [6.07, 6.45) is -0.434. The normalized spacial score (nSPS) is 21.4. The Morgan fingerprint density at radius 1 is 1.23 bits per heavy atom. The molecule has 1 heterocycles. The quantitative estimate of drug-likeness (QED) is 0.256. The molecule has 5 unspecified atom stereocenters. The van der Waals surface area contributed by atoms with E-state index in [2.05, 4.69) is 10.6 Å². The highest BCUT2D eigenvalue weighted by atomic mass is 16.4. The fourth-order valence-corrected chi connectivity index (χ4v) is 2.61. The van der Waals surface area contributed by atoms with Crippen molar-refractivity contribution in [2.24, 2.45) is 5.73 Å². The fourth-order valence-electron chi connectivity index (χ4n) is 2.61. The van der Waals surface area contributed by atoms with E-state index in [0.29, 0.717) is 12.8 Å². The molecule has 5 atom stereocenters. The topological polar surface area (TPSA) is 182 Å². The van der Waals surface area contributed by atoms with E-state index in [1.54, 1.807) is 0 Å². The summed E-state index contributed by atoms with van der Waals surface area (Å²) in [5.41, 5.74) is 5.45. The largest absolute Gasteiger partial charge is 0.480 e. The molecule has 148 valence electrons. The van der Waals surface area contributed by atoms with E-state index in [1.165, 1.54) is 18.7 Å². The van der Waals surface area contributed by atoms with Crippen LogP contribution in [0.2, 0.25) is 0 Å². The SMILES string of the molecule is CC(N)C(=O)NC(C(=O)N1CCCC1C(=O)NC(CO)C(=O)O)C(C)O. The van der Waals surface area contributed by atoms with Crippen molar-refractivity contribution in [3.8, 4) is 0 Å². The monoisotopic (exact) mass is 374 g/mol. The van der Waals surface area contributed by atoms with Crippen molar-refractivity contribution in [2.75, 3.05) is 13.2 Å². The zero-order valence-electron chi connectivity index (χ0n) is 14.7. The predicted molar refractivity (Wildman–Crippen MR) is 88.6 cm³/mol. The third kappa shape index (κ3) is 5.38. The number of aliphatic hydroxyl groups excluding tert-OH is 2. The molecule has 0 aromatic carbocycles. The number of hydrogen-bond donors (Lipinski definition) is 6. The van der Waals surface area contributed by atoms with Gasteiger partial charge in [-0.2, -0.15) is 0 Å². The van der Waals surface area contributed by atoms with Crippen LogP contribution in [0.5, 0.6) is 0 Å². The summed E-state index contributed by atoms with van der Waals surface area (Å²) >= 11 is 0. The highest BCUT2D eigenvalue weighted by molar-refractivity contribution is 5.94. The number of carbonyl (C=O) groups is 4. The zero-order chi connectivity index (χ0) is 20.0. The molecule has 0 aromatic heterocycles. The van der Waals surface area contributed by atoms with Gasteiger partial charge < -0.3 is 36.6 Å². The highest BCUT2D eigenvalue weighted by Gasteiger charge is 2.40.